The smallest absolute Gasteiger partial charge is 0.0233 e. The van der Waals surface area contributed by atoms with Crippen molar-refractivity contribution in [3.05, 3.63) is 12.2 Å². The third-order valence-corrected chi connectivity index (χ3v) is 2.45. The van der Waals surface area contributed by atoms with Crippen LogP contribution in [0.2, 0.25) is 0 Å². The summed E-state index contributed by atoms with van der Waals surface area (Å²) < 4.78 is 0. The van der Waals surface area contributed by atoms with Gasteiger partial charge >= 0.3 is 0 Å². The maximum absolute atomic E-state index is 3.20. The van der Waals surface area contributed by atoms with E-state index in [4.69, 9.17) is 0 Å². The van der Waals surface area contributed by atoms with E-state index in [0.717, 1.165) is 5.92 Å². The van der Waals surface area contributed by atoms with Crippen LogP contribution in [0.3, 0.4) is 0 Å². The summed E-state index contributed by atoms with van der Waals surface area (Å²) in [7, 11) is 0. The largest absolute Gasteiger partial charge is 0.0926 e. The van der Waals surface area contributed by atoms with Crippen LogP contribution >= 0.6 is 0 Å². The Bertz CT molecular complexity index is 263. The zero-order chi connectivity index (χ0) is 10.1. The first-order valence-corrected chi connectivity index (χ1v) is 5.01. The number of allylic oxidation sites excluding steroid dienone is 2. The van der Waals surface area contributed by atoms with E-state index in [2.05, 4.69) is 52.5 Å². The maximum Gasteiger partial charge on any atom is 0.0233 e. The first-order chi connectivity index (χ1) is 5.81. The zero-order valence-corrected chi connectivity index (χ0v) is 9.44. The van der Waals surface area contributed by atoms with Crippen molar-refractivity contribution in [1.82, 2.24) is 0 Å². The summed E-state index contributed by atoms with van der Waals surface area (Å²) in [6, 6.07) is 0. The van der Waals surface area contributed by atoms with Crippen LogP contribution in [0.5, 0.6) is 0 Å². The Morgan fingerprint density at radius 1 is 1.31 bits per heavy atom. The molecule has 0 heterocycles. The quantitative estimate of drug-likeness (QED) is 0.535. The highest BCUT2D eigenvalue weighted by molar-refractivity contribution is 5.22. The van der Waals surface area contributed by atoms with E-state index in [1.165, 1.54) is 6.42 Å². The van der Waals surface area contributed by atoms with Crippen molar-refractivity contribution in [1.29, 1.82) is 0 Å². The molecule has 0 heteroatoms. The van der Waals surface area contributed by atoms with Crippen molar-refractivity contribution in [2.24, 2.45) is 16.7 Å². The van der Waals surface area contributed by atoms with Gasteiger partial charge in [-0.05, 0) is 44.6 Å². The minimum atomic E-state index is 0.128. The van der Waals surface area contributed by atoms with Crippen molar-refractivity contribution in [3.63, 3.8) is 0 Å². The molecule has 1 saturated carbocycles. The molecule has 0 bridgehead atoms. The van der Waals surface area contributed by atoms with Crippen LogP contribution in [-0.4, -0.2) is 0 Å². The fourth-order valence-electron chi connectivity index (χ4n) is 1.26. The lowest BCUT2D eigenvalue weighted by molar-refractivity contribution is 0.571. The van der Waals surface area contributed by atoms with Crippen LogP contribution in [0.15, 0.2) is 12.2 Å². The highest BCUT2D eigenvalue weighted by atomic mass is 14.5. The van der Waals surface area contributed by atoms with E-state index in [0.29, 0.717) is 5.41 Å². The molecule has 0 aromatic carbocycles. The Morgan fingerprint density at radius 2 is 1.85 bits per heavy atom. The Morgan fingerprint density at radius 3 is 2.23 bits per heavy atom. The van der Waals surface area contributed by atoms with Gasteiger partial charge in [-0.15, -0.1) is 0 Å². The van der Waals surface area contributed by atoms with Crippen LogP contribution in [0, 0.1) is 28.6 Å². The van der Waals surface area contributed by atoms with E-state index >= 15 is 0 Å². The molecule has 1 aliphatic rings. The van der Waals surface area contributed by atoms with Crippen molar-refractivity contribution >= 4 is 0 Å². The molecule has 1 atom stereocenters. The first-order valence-electron chi connectivity index (χ1n) is 5.01. The van der Waals surface area contributed by atoms with Gasteiger partial charge in [-0.1, -0.05) is 31.8 Å². The van der Waals surface area contributed by atoms with Crippen molar-refractivity contribution in [2.45, 2.75) is 41.0 Å². The van der Waals surface area contributed by atoms with E-state index < -0.39 is 0 Å². The van der Waals surface area contributed by atoms with Gasteiger partial charge < -0.3 is 0 Å². The molecule has 0 spiro atoms. The van der Waals surface area contributed by atoms with Crippen molar-refractivity contribution in [3.8, 4) is 11.8 Å². The van der Waals surface area contributed by atoms with E-state index in [-0.39, 0.29) is 5.41 Å². The SMILES string of the molecule is CC(C)(C)C#CC=CC1CC1(C)C. The second kappa shape index (κ2) is 3.22. The highest BCUT2D eigenvalue weighted by Crippen LogP contribution is 2.52. The summed E-state index contributed by atoms with van der Waals surface area (Å²) in [5, 5.41) is 0. The summed E-state index contributed by atoms with van der Waals surface area (Å²) in [5.41, 5.74) is 0.670. The Kier molecular flexibility index (Phi) is 2.57. The third-order valence-electron chi connectivity index (χ3n) is 2.45. The minimum absolute atomic E-state index is 0.128. The van der Waals surface area contributed by atoms with Gasteiger partial charge in [-0.2, -0.15) is 0 Å². The summed E-state index contributed by atoms with van der Waals surface area (Å²) in [6.07, 6.45) is 5.59. The average Bonchev–Trinajstić information content (AvgIpc) is 2.50. The average molecular weight is 176 g/mol. The molecule has 0 amide bonds. The molecule has 72 valence electrons. The molecule has 0 N–H and O–H groups in total. The predicted octanol–water partition coefficient (Wildman–Crippen LogP) is 3.64. The fourth-order valence-corrected chi connectivity index (χ4v) is 1.26. The van der Waals surface area contributed by atoms with Crippen molar-refractivity contribution in [2.75, 3.05) is 0 Å². The molecule has 0 saturated heterocycles. The number of hydrogen-bond acceptors (Lipinski definition) is 0. The molecule has 1 aliphatic carbocycles. The molecule has 0 nitrogen and oxygen atoms in total. The summed E-state index contributed by atoms with van der Waals surface area (Å²) in [4.78, 5) is 0. The monoisotopic (exact) mass is 176 g/mol. The molecule has 13 heavy (non-hydrogen) atoms. The fraction of sp³-hybridized carbons (Fsp3) is 0.692. The van der Waals surface area contributed by atoms with Crippen molar-refractivity contribution < 1.29 is 0 Å². The van der Waals surface area contributed by atoms with Gasteiger partial charge in [0.05, 0.1) is 0 Å². The van der Waals surface area contributed by atoms with Crippen LogP contribution in [0.4, 0.5) is 0 Å². The normalized spacial score (nSPS) is 25.5. The van der Waals surface area contributed by atoms with E-state index in [9.17, 15) is 0 Å². The summed E-state index contributed by atoms with van der Waals surface area (Å²) >= 11 is 0. The van der Waals surface area contributed by atoms with Gasteiger partial charge in [0.2, 0.25) is 0 Å². The maximum atomic E-state index is 3.20. The molecule has 0 aromatic rings. The molecular formula is C13H20. The zero-order valence-electron chi connectivity index (χ0n) is 9.44. The van der Waals surface area contributed by atoms with Crippen LogP contribution in [-0.2, 0) is 0 Å². The summed E-state index contributed by atoms with van der Waals surface area (Å²) in [6.45, 7) is 11.0. The molecule has 1 rings (SSSR count). The third kappa shape index (κ3) is 3.68. The van der Waals surface area contributed by atoms with Gasteiger partial charge in [0.25, 0.3) is 0 Å². The lowest BCUT2D eigenvalue weighted by atomic mass is 9.98. The summed E-state index contributed by atoms with van der Waals surface area (Å²) in [5.74, 6) is 7.06. The van der Waals surface area contributed by atoms with E-state index in [1.54, 1.807) is 0 Å². The van der Waals surface area contributed by atoms with Gasteiger partial charge in [-0.25, -0.2) is 0 Å². The number of hydrogen-bond donors (Lipinski definition) is 0. The van der Waals surface area contributed by atoms with Gasteiger partial charge in [0, 0.05) is 5.41 Å². The van der Waals surface area contributed by atoms with Crippen LogP contribution in [0.1, 0.15) is 41.0 Å². The molecule has 1 unspecified atom stereocenters. The molecule has 0 radical (unpaired) electrons. The highest BCUT2D eigenvalue weighted by Gasteiger charge is 2.43. The van der Waals surface area contributed by atoms with E-state index in [1.807, 2.05) is 6.08 Å². The minimum Gasteiger partial charge on any atom is -0.0926 e. The van der Waals surface area contributed by atoms with Gasteiger partial charge in [0.1, 0.15) is 0 Å². The lowest BCUT2D eigenvalue weighted by Crippen LogP contribution is -1.98. The Hall–Kier alpha value is -0.700. The molecule has 0 aromatic heterocycles. The standard InChI is InChI=1S/C13H20/c1-12(2,3)9-7-6-8-11-10-13(11,4)5/h6,8,11H,10H2,1-5H3. The second-order valence-corrected chi connectivity index (χ2v) is 5.68. The number of rotatable bonds is 1. The molecule has 1 fully saturated rings. The molecule has 0 aliphatic heterocycles. The lowest BCUT2D eigenvalue weighted by Gasteiger charge is -2.05. The van der Waals surface area contributed by atoms with Gasteiger partial charge in [-0.3, -0.25) is 0 Å². The van der Waals surface area contributed by atoms with Crippen LogP contribution in [0.25, 0.3) is 0 Å². The van der Waals surface area contributed by atoms with Gasteiger partial charge in [0.15, 0.2) is 0 Å². The Labute approximate surface area is 82.4 Å². The first kappa shape index (κ1) is 10.4. The second-order valence-electron chi connectivity index (χ2n) is 5.68. The van der Waals surface area contributed by atoms with Crippen LogP contribution < -0.4 is 0 Å². The Balaban J connectivity index is 2.38. The molecular weight excluding hydrogens is 156 g/mol. The topological polar surface area (TPSA) is 0 Å². The predicted molar refractivity (Wildman–Crippen MR) is 58.3 cm³/mol.